The molecule has 0 saturated carbocycles. The van der Waals surface area contributed by atoms with Crippen molar-refractivity contribution in [1.29, 1.82) is 0 Å². The SMILES string of the molecule is Nc1ncc(-c2cccc(-c3c[nH]c4ccccc34)c2)c(NCCCN2CCNCC2)n1. The Labute approximate surface area is 188 Å². The lowest BCUT2D eigenvalue weighted by atomic mass is 9.99. The van der Waals surface area contributed by atoms with Crippen LogP contribution in [0, 0.1) is 0 Å². The highest BCUT2D eigenvalue weighted by Gasteiger charge is 2.12. The zero-order valence-electron chi connectivity index (χ0n) is 18.1. The lowest BCUT2D eigenvalue weighted by Gasteiger charge is -2.27. The summed E-state index contributed by atoms with van der Waals surface area (Å²) in [5.74, 6) is 1.07. The molecule has 2 aromatic carbocycles. The van der Waals surface area contributed by atoms with E-state index in [1.165, 1.54) is 10.9 Å². The first kappa shape index (κ1) is 20.5. The zero-order valence-corrected chi connectivity index (χ0v) is 18.1. The summed E-state index contributed by atoms with van der Waals surface area (Å²) in [5.41, 5.74) is 11.4. The van der Waals surface area contributed by atoms with Crippen molar-refractivity contribution in [3.8, 4) is 22.3 Å². The van der Waals surface area contributed by atoms with Gasteiger partial charge in [-0.2, -0.15) is 4.98 Å². The standard InChI is InChI=1S/C25H29N7/c26-25-30-17-22(24(31-25)28-9-4-12-32-13-10-27-11-14-32)19-6-3-5-18(15-19)21-16-29-23-8-2-1-7-20(21)23/h1-3,5-8,15-17,27,29H,4,9-14H2,(H3,26,28,30,31). The van der Waals surface area contributed by atoms with Crippen molar-refractivity contribution in [3.63, 3.8) is 0 Å². The minimum absolute atomic E-state index is 0.283. The zero-order chi connectivity index (χ0) is 21.8. The number of nitrogens with zero attached hydrogens (tertiary/aromatic N) is 3. The van der Waals surface area contributed by atoms with Crippen LogP contribution in [0.3, 0.4) is 0 Å². The molecule has 164 valence electrons. The van der Waals surface area contributed by atoms with Gasteiger partial charge in [0, 0.05) is 67.1 Å². The molecule has 1 saturated heterocycles. The number of nitrogens with one attached hydrogen (secondary N) is 3. The van der Waals surface area contributed by atoms with Crippen LogP contribution in [0.4, 0.5) is 11.8 Å². The molecule has 0 spiro atoms. The second-order valence-corrected chi connectivity index (χ2v) is 8.19. The minimum atomic E-state index is 0.283. The molecular weight excluding hydrogens is 398 g/mol. The molecule has 7 nitrogen and oxygen atoms in total. The predicted octanol–water partition coefficient (Wildman–Crippen LogP) is 3.58. The fourth-order valence-corrected chi connectivity index (χ4v) is 4.35. The van der Waals surface area contributed by atoms with E-state index in [0.29, 0.717) is 0 Å². The summed E-state index contributed by atoms with van der Waals surface area (Å²) < 4.78 is 0. The summed E-state index contributed by atoms with van der Waals surface area (Å²) >= 11 is 0. The smallest absolute Gasteiger partial charge is 0.221 e. The second kappa shape index (κ2) is 9.38. The van der Waals surface area contributed by atoms with Gasteiger partial charge in [-0.1, -0.05) is 36.4 Å². The highest BCUT2D eigenvalue weighted by Crippen LogP contribution is 2.33. The van der Waals surface area contributed by atoms with Gasteiger partial charge in [0.05, 0.1) is 0 Å². The van der Waals surface area contributed by atoms with Crippen molar-refractivity contribution in [3.05, 3.63) is 60.9 Å². The molecule has 1 aliphatic heterocycles. The maximum absolute atomic E-state index is 5.91. The van der Waals surface area contributed by atoms with Crippen molar-refractivity contribution in [2.24, 2.45) is 0 Å². The Morgan fingerprint density at radius 1 is 1.00 bits per heavy atom. The van der Waals surface area contributed by atoms with Gasteiger partial charge in [-0.25, -0.2) is 4.98 Å². The van der Waals surface area contributed by atoms with E-state index in [-0.39, 0.29) is 5.95 Å². The van der Waals surface area contributed by atoms with E-state index in [4.69, 9.17) is 5.73 Å². The summed E-state index contributed by atoms with van der Waals surface area (Å²) in [6.07, 6.45) is 4.94. The lowest BCUT2D eigenvalue weighted by Crippen LogP contribution is -2.44. The number of fused-ring (bicyclic) bond motifs is 1. The second-order valence-electron chi connectivity index (χ2n) is 8.19. The number of rotatable bonds is 7. The number of hydrogen-bond acceptors (Lipinski definition) is 6. The highest BCUT2D eigenvalue weighted by molar-refractivity contribution is 5.96. The van der Waals surface area contributed by atoms with Crippen LogP contribution < -0.4 is 16.4 Å². The molecule has 32 heavy (non-hydrogen) atoms. The van der Waals surface area contributed by atoms with E-state index in [2.05, 4.69) is 79.1 Å². The lowest BCUT2D eigenvalue weighted by molar-refractivity contribution is 0.240. The van der Waals surface area contributed by atoms with Crippen molar-refractivity contribution >= 4 is 22.7 Å². The molecule has 5 rings (SSSR count). The first-order valence-electron chi connectivity index (χ1n) is 11.2. The Bertz CT molecular complexity index is 1190. The number of benzene rings is 2. The normalized spacial score (nSPS) is 14.6. The molecule has 4 aromatic rings. The number of H-pyrrole nitrogens is 1. The van der Waals surface area contributed by atoms with Crippen LogP contribution >= 0.6 is 0 Å². The van der Waals surface area contributed by atoms with Gasteiger partial charge in [-0.3, -0.25) is 0 Å². The van der Waals surface area contributed by atoms with E-state index in [1.807, 2.05) is 12.3 Å². The maximum Gasteiger partial charge on any atom is 0.221 e. The Morgan fingerprint density at radius 2 is 1.81 bits per heavy atom. The van der Waals surface area contributed by atoms with Gasteiger partial charge in [0.1, 0.15) is 5.82 Å². The Morgan fingerprint density at radius 3 is 2.69 bits per heavy atom. The monoisotopic (exact) mass is 427 g/mol. The number of aromatic nitrogens is 3. The summed E-state index contributed by atoms with van der Waals surface area (Å²) in [6.45, 7) is 6.31. The fraction of sp³-hybridized carbons (Fsp3) is 0.280. The van der Waals surface area contributed by atoms with Crippen LogP contribution in [0.1, 0.15) is 6.42 Å². The number of aromatic amines is 1. The third-order valence-corrected chi connectivity index (χ3v) is 6.03. The third-order valence-electron chi connectivity index (χ3n) is 6.03. The maximum atomic E-state index is 5.91. The number of anilines is 2. The van der Waals surface area contributed by atoms with Crippen LogP contribution in [0.5, 0.6) is 0 Å². The fourth-order valence-electron chi connectivity index (χ4n) is 4.35. The minimum Gasteiger partial charge on any atom is -0.369 e. The van der Waals surface area contributed by atoms with Gasteiger partial charge in [0.25, 0.3) is 0 Å². The number of piperazine rings is 1. The summed E-state index contributed by atoms with van der Waals surface area (Å²) in [4.78, 5) is 14.6. The summed E-state index contributed by atoms with van der Waals surface area (Å²) in [5, 5.41) is 8.11. The molecular formula is C25H29N7. The Hall–Kier alpha value is -3.42. The van der Waals surface area contributed by atoms with Crippen LogP contribution in [-0.2, 0) is 0 Å². The largest absolute Gasteiger partial charge is 0.369 e. The van der Waals surface area contributed by atoms with E-state index < -0.39 is 0 Å². The molecule has 7 heteroatoms. The van der Waals surface area contributed by atoms with Gasteiger partial charge in [-0.05, 0) is 36.2 Å². The number of para-hydroxylation sites is 1. The van der Waals surface area contributed by atoms with Gasteiger partial charge in [0.2, 0.25) is 5.95 Å². The van der Waals surface area contributed by atoms with E-state index in [9.17, 15) is 0 Å². The Balaban J connectivity index is 1.36. The first-order valence-corrected chi connectivity index (χ1v) is 11.2. The van der Waals surface area contributed by atoms with Crippen LogP contribution in [0.25, 0.3) is 33.2 Å². The van der Waals surface area contributed by atoms with Gasteiger partial charge in [-0.15, -0.1) is 0 Å². The third kappa shape index (κ3) is 4.44. The number of hydrogen-bond donors (Lipinski definition) is 4. The highest BCUT2D eigenvalue weighted by atomic mass is 15.2. The van der Waals surface area contributed by atoms with Gasteiger partial charge in [0.15, 0.2) is 0 Å². The molecule has 0 radical (unpaired) electrons. The van der Waals surface area contributed by atoms with Crippen molar-refractivity contribution in [1.82, 2.24) is 25.2 Å². The average Bonchev–Trinajstić information content (AvgIpc) is 3.27. The molecule has 5 N–H and O–H groups in total. The van der Waals surface area contributed by atoms with Crippen molar-refractivity contribution < 1.29 is 0 Å². The van der Waals surface area contributed by atoms with Gasteiger partial charge >= 0.3 is 0 Å². The molecule has 3 heterocycles. The molecule has 2 aromatic heterocycles. The molecule has 0 atom stereocenters. The molecule has 0 aliphatic carbocycles. The first-order chi connectivity index (χ1) is 15.8. The predicted molar refractivity (Wildman–Crippen MR) is 132 cm³/mol. The molecule has 1 fully saturated rings. The average molecular weight is 428 g/mol. The molecule has 1 aliphatic rings. The van der Waals surface area contributed by atoms with Crippen LogP contribution in [0.2, 0.25) is 0 Å². The molecule has 0 amide bonds. The molecule has 0 unspecified atom stereocenters. The topological polar surface area (TPSA) is 94.9 Å². The van der Waals surface area contributed by atoms with Crippen LogP contribution in [-0.4, -0.2) is 59.1 Å². The summed E-state index contributed by atoms with van der Waals surface area (Å²) in [7, 11) is 0. The van der Waals surface area contributed by atoms with Crippen molar-refractivity contribution in [2.45, 2.75) is 6.42 Å². The molecule has 0 bridgehead atoms. The number of nitrogen functional groups attached to an aromatic ring is 1. The van der Waals surface area contributed by atoms with E-state index in [1.54, 1.807) is 0 Å². The quantitative estimate of drug-likeness (QED) is 0.337. The number of nitrogens with two attached hydrogens (primary N) is 1. The van der Waals surface area contributed by atoms with Gasteiger partial charge < -0.3 is 26.3 Å². The van der Waals surface area contributed by atoms with E-state index in [0.717, 1.165) is 73.7 Å². The van der Waals surface area contributed by atoms with E-state index >= 15 is 0 Å². The summed E-state index contributed by atoms with van der Waals surface area (Å²) in [6, 6.07) is 16.9. The van der Waals surface area contributed by atoms with Crippen molar-refractivity contribution in [2.75, 3.05) is 50.3 Å². The van der Waals surface area contributed by atoms with Crippen LogP contribution in [0.15, 0.2) is 60.9 Å². The Kier molecular flexibility index (Phi) is 6.00.